The average Bonchev–Trinajstić information content (AvgIpc) is 2.86. The fourth-order valence-corrected chi connectivity index (χ4v) is 2.65. The summed E-state index contributed by atoms with van der Waals surface area (Å²) in [6, 6.07) is 1.82. The molecule has 0 bridgehead atoms. The van der Waals surface area contributed by atoms with E-state index in [1.165, 1.54) is 6.33 Å². The van der Waals surface area contributed by atoms with Gasteiger partial charge in [0.1, 0.15) is 17.8 Å². The van der Waals surface area contributed by atoms with Crippen molar-refractivity contribution in [2.45, 2.75) is 6.42 Å². The molecule has 1 fully saturated rings. The summed E-state index contributed by atoms with van der Waals surface area (Å²) in [5.41, 5.74) is 0.490. The summed E-state index contributed by atoms with van der Waals surface area (Å²) in [4.78, 5) is 29.0. The van der Waals surface area contributed by atoms with Gasteiger partial charge in [0, 0.05) is 45.5 Å². The lowest BCUT2D eigenvalue weighted by Gasteiger charge is -2.22. The van der Waals surface area contributed by atoms with Crippen LogP contribution in [-0.4, -0.2) is 63.6 Å². The molecule has 3 rings (SSSR count). The van der Waals surface area contributed by atoms with Crippen LogP contribution in [0, 0.1) is 0 Å². The Kier molecular flexibility index (Phi) is 4.40. The summed E-state index contributed by atoms with van der Waals surface area (Å²) >= 11 is 0. The van der Waals surface area contributed by atoms with E-state index in [9.17, 15) is 4.79 Å². The SMILES string of the molecule is COc1cc(N2CCCN(C(=O)c3cn(C)cn3)CC2)ncn1. The van der Waals surface area contributed by atoms with E-state index >= 15 is 0 Å². The van der Waals surface area contributed by atoms with Gasteiger partial charge in [-0.1, -0.05) is 0 Å². The van der Waals surface area contributed by atoms with Gasteiger partial charge in [0.2, 0.25) is 5.88 Å². The van der Waals surface area contributed by atoms with E-state index in [0.29, 0.717) is 24.7 Å². The normalized spacial score (nSPS) is 15.4. The zero-order valence-electron chi connectivity index (χ0n) is 13.3. The zero-order chi connectivity index (χ0) is 16.2. The Morgan fingerprint density at radius 2 is 2.04 bits per heavy atom. The molecule has 23 heavy (non-hydrogen) atoms. The molecule has 0 atom stereocenters. The third-order valence-electron chi connectivity index (χ3n) is 3.87. The fraction of sp³-hybridized carbons (Fsp3) is 0.467. The Labute approximate surface area is 134 Å². The maximum atomic E-state index is 12.5. The van der Waals surface area contributed by atoms with Gasteiger partial charge in [0.15, 0.2) is 0 Å². The standard InChI is InChI=1S/C15H20N6O2/c1-19-9-12(18-11-19)15(22)21-5-3-4-20(6-7-21)13-8-14(23-2)17-10-16-13/h8-11H,3-7H2,1-2H3. The van der Waals surface area contributed by atoms with Crippen molar-refractivity contribution >= 4 is 11.7 Å². The lowest BCUT2D eigenvalue weighted by molar-refractivity contribution is 0.0761. The van der Waals surface area contributed by atoms with E-state index in [-0.39, 0.29) is 5.91 Å². The van der Waals surface area contributed by atoms with Crippen molar-refractivity contribution in [2.75, 3.05) is 38.2 Å². The molecule has 0 unspecified atom stereocenters. The van der Waals surface area contributed by atoms with Crippen molar-refractivity contribution in [1.82, 2.24) is 24.4 Å². The summed E-state index contributed by atoms with van der Waals surface area (Å²) in [5, 5.41) is 0. The third-order valence-corrected chi connectivity index (χ3v) is 3.87. The maximum Gasteiger partial charge on any atom is 0.274 e. The molecule has 8 heteroatoms. The number of rotatable bonds is 3. The van der Waals surface area contributed by atoms with E-state index < -0.39 is 0 Å². The minimum atomic E-state index is -0.0206. The molecule has 3 heterocycles. The number of imidazole rings is 1. The van der Waals surface area contributed by atoms with Gasteiger partial charge in [-0.15, -0.1) is 0 Å². The summed E-state index contributed by atoms with van der Waals surface area (Å²) in [6.45, 7) is 2.92. The molecule has 8 nitrogen and oxygen atoms in total. The molecule has 0 N–H and O–H groups in total. The summed E-state index contributed by atoms with van der Waals surface area (Å²) in [6.07, 6.45) is 5.77. The molecular weight excluding hydrogens is 296 g/mol. The van der Waals surface area contributed by atoms with Gasteiger partial charge in [0.05, 0.1) is 13.4 Å². The number of aromatic nitrogens is 4. The Morgan fingerprint density at radius 3 is 2.78 bits per heavy atom. The molecule has 0 radical (unpaired) electrons. The number of ether oxygens (including phenoxy) is 1. The minimum Gasteiger partial charge on any atom is -0.481 e. The highest BCUT2D eigenvalue weighted by Gasteiger charge is 2.22. The van der Waals surface area contributed by atoms with Crippen molar-refractivity contribution in [3.63, 3.8) is 0 Å². The van der Waals surface area contributed by atoms with Crippen LogP contribution < -0.4 is 9.64 Å². The van der Waals surface area contributed by atoms with E-state index in [1.54, 1.807) is 24.2 Å². The van der Waals surface area contributed by atoms with Crippen molar-refractivity contribution < 1.29 is 9.53 Å². The van der Waals surface area contributed by atoms with Crippen LogP contribution in [0.5, 0.6) is 5.88 Å². The topological polar surface area (TPSA) is 76.4 Å². The monoisotopic (exact) mass is 316 g/mol. The highest BCUT2D eigenvalue weighted by atomic mass is 16.5. The van der Waals surface area contributed by atoms with Crippen LogP contribution in [0.1, 0.15) is 16.9 Å². The number of anilines is 1. The van der Waals surface area contributed by atoms with Crippen LogP contribution in [0.15, 0.2) is 24.9 Å². The number of carbonyl (C=O) groups is 1. The quantitative estimate of drug-likeness (QED) is 0.824. The summed E-state index contributed by atoms with van der Waals surface area (Å²) in [5.74, 6) is 1.34. The fourth-order valence-electron chi connectivity index (χ4n) is 2.65. The Hall–Kier alpha value is -2.64. The third kappa shape index (κ3) is 3.41. The van der Waals surface area contributed by atoms with E-state index in [1.807, 2.05) is 18.0 Å². The molecule has 1 aliphatic heterocycles. The number of hydrogen-bond donors (Lipinski definition) is 0. The van der Waals surface area contributed by atoms with E-state index in [2.05, 4.69) is 19.9 Å². The lowest BCUT2D eigenvalue weighted by Crippen LogP contribution is -2.35. The Morgan fingerprint density at radius 1 is 1.17 bits per heavy atom. The molecule has 1 amide bonds. The second-order valence-electron chi connectivity index (χ2n) is 5.48. The number of amides is 1. The van der Waals surface area contributed by atoms with Crippen LogP contribution in [0.4, 0.5) is 5.82 Å². The largest absolute Gasteiger partial charge is 0.481 e. The highest BCUT2D eigenvalue weighted by molar-refractivity contribution is 5.92. The second kappa shape index (κ2) is 6.64. The van der Waals surface area contributed by atoms with Crippen molar-refractivity contribution in [2.24, 2.45) is 7.05 Å². The molecule has 0 spiro atoms. The molecule has 0 aromatic carbocycles. The molecule has 0 saturated carbocycles. The number of aryl methyl sites for hydroxylation is 1. The molecule has 122 valence electrons. The number of carbonyl (C=O) groups excluding carboxylic acids is 1. The predicted molar refractivity (Wildman–Crippen MR) is 84.5 cm³/mol. The van der Waals surface area contributed by atoms with Gasteiger partial charge >= 0.3 is 0 Å². The smallest absolute Gasteiger partial charge is 0.274 e. The van der Waals surface area contributed by atoms with Crippen LogP contribution >= 0.6 is 0 Å². The van der Waals surface area contributed by atoms with Gasteiger partial charge in [-0.3, -0.25) is 4.79 Å². The van der Waals surface area contributed by atoms with Gasteiger partial charge in [0.25, 0.3) is 5.91 Å². The Balaban J connectivity index is 1.68. The van der Waals surface area contributed by atoms with Crippen LogP contribution in [0.2, 0.25) is 0 Å². The van der Waals surface area contributed by atoms with Gasteiger partial charge in [-0.05, 0) is 6.42 Å². The van der Waals surface area contributed by atoms with Crippen LogP contribution in [0.25, 0.3) is 0 Å². The molecule has 0 aliphatic carbocycles. The van der Waals surface area contributed by atoms with Gasteiger partial charge in [-0.25, -0.2) is 15.0 Å². The molecular formula is C15H20N6O2. The van der Waals surface area contributed by atoms with Crippen molar-refractivity contribution in [3.05, 3.63) is 30.6 Å². The van der Waals surface area contributed by atoms with E-state index in [4.69, 9.17) is 4.74 Å². The van der Waals surface area contributed by atoms with Crippen LogP contribution in [-0.2, 0) is 7.05 Å². The second-order valence-corrected chi connectivity index (χ2v) is 5.48. The summed E-state index contributed by atoms with van der Waals surface area (Å²) < 4.78 is 6.93. The molecule has 2 aromatic heterocycles. The average molecular weight is 316 g/mol. The first-order valence-corrected chi connectivity index (χ1v) is 7.55. The molecule has 1 aliphatic rings. The number of methoxy groups -OCH3 is 1. The van der Waals surface area contributed by atoms with E-state index in [0.717, 1.165) is 25.3 Å². The predicted octanol–water partition coefficient (Wildman–Crippen LogP) is 0.571. The highest BCUT2D eigenvalue weighted by Crippen LogP contribution is 2.17. The number of nitrogens with zero attached hydrogens (tertiary/aromatic N) is 6. The van der Waals surface area contributed by atoms with Gasteiger partial charge < -0.3 is 19.1 Å². The van der Waals surface area contributed by atoms with Crippen molar-refractivity contribution in [1.29, 1.82) is 0 Å². The first kappa shape index (κ1) is 15.3. The number of hydrogen-bond acceptors (Lipinski definition) is 6. The summed E-state index contributed by atoms with van der Waals surface area (Å²) in [7, 11) is 3.44. The van der Waals surface area contributed by atoms with Crippen molar-refractivity contribution in [3.8, 4) is 5.88 Å². The zero-order valence-corrected chi connectivity index (χ0v) is 13.3. The Bertz CT molecular complexity index is 686. The molecule has 2 aromatic rings. The first-order valence-electron chi connectivity index (χ1n) is 7.55. The van der Waals surface area contributed by atoms with Crippen LogP contribution in [0.3, 0.4) is 0 Å². The molecule has 1 saturated heterocycles. The first-order chi connectivity index (χ1) is 11.2. The minimum absolute atomic E-state index is 0.0206. The lowest BCUT2D eigenvalue weighted by atomic mass is 10.3. The van der Waals surface area contributed by atoms with Gasteiger partial charge in [-0.2, -0.15) is 0 Å². The maximum absolute atomic E-state index is 12.5.